The van der Waals surface area contributed by atoms with Crippen molar-refractivity contribution in [2.24, 2.45) is 5.92 Å². The summed E-state index contributed by atoms with van der Waals surface area (Å²) in [5.41, 5.74) is 2.69. The van der Waals surface area contributed by atoms with Gasteiger partial charge in [0.25, 0.3) is 0 Å². The Hall–Kier alpha value is -2.04. The maximum absolute atomic E-state index is 11.2. The number of aromatic nitrogens is 1. The average Bonchev–Trinajstić information content (AvgIpc) is 2.89. The lowest BCUT2D eigenvalue weighted by Crippen LogP contribution is -2.38. The van der Waals surface area contributed by atoms with Crippen LogP contribution in [0, 0.1) is 5.92 Å². The Balaban J connectivity index is 1.84. The zero-order chi connectivity index (χ0) is 14.8. The molecule has 1 atom stereocenters. The van der Waals surface area contributed by atoms with Crippen molar-refractivity contribution < 1.29 is 14.3 Å². The van der Waals surface area contributed by atoms with Crippen LogP contribution >= 0.6 is 0 Å². The third-order valence-corrected chi connectivity index (χ3v) is 4.02. The Labute approximate surface area is 123 Å². The normalized spacial score (nSPS) is 19.1. The quantitative estimate of drug-likeness (QED) is 0.936. The zero-order valence-electron chi connectivity index (χ0n) is 12.2. The number of oxazole rings is 1. The van der Waals surface area contributed by atoms with Crippen LogP contribution in [0.3, 0.4) is 0 Å². The standard InChI is InChI=1S/C16H20N2O3/c1-2-4-15-17-13-9-12(6-7-14(13)21-15)18-8-3-5-11(10-18)16(19)20/h6-7,9,11H,2-5,8,10H2,1H3,(H,19,20). The molecule has 5 heteroatoms. The zero-order valence-corrected chi connectivity index (χ0v) is 12.2. The van der Waals surface area contributed by atoms with Crippen molar-refractivity contribution in [1.29, 1.82) is 0 Å². The van der Waals surface area contributed by atoms with E-state index in [1.54, 1.807) is 0 Å². The Bertz CT molecular complexity index is 650. The van der Waals surface area contributed by atoms with Crippen LogP contribution in [0.1, 0.15) is 32.1 Å². The van der Waals surface area contributed by atoms with E-state index in [4.69, 9.17) is 4.42 Å². The summed E-state index contributed by atoms with van der Waals surface area (Å²) in [7, 11) is 0. The van der Waals surface area contributed by atoms with Crippen molar-refractivity contribution >= 4 is 22.8 Å². The van der Waals surface area contributed by atoms with Crippen LogP contribution in [0.2, 0.25) is 0 Å². The highest BCUT2D eigenvalue weighted by atomic mass is 16.4. The molecule has 1 unspecified atom stereocenters. The van der Waals surface area contributed by atoms with Gasteiger partial charge in [-0.3, -0.25) is 4.79 Å². The summed E-state index contributed by atoms with van der Waals surface area (Å²) in [5, 5.41) is 9.18. The second kappa shape index (κ2) is 5.76. The topological polar surface area (TPSA) is 66.6 Å². The second-order valence-electron chi connectivity index (χ2n) is 5.63. The molecule has 0 bridgehead atoms. The highest BCUT2D eigenvalue weighted by Gasteiger charge is 2.25. The van der Waals surface area contributed by atoms with Crippen molar-refractivity contribution in [2.45, 2.75) is 32.6 Å². The number of aliphatic carboxylic acids is 1. The Kier molecular flexibility index (Phi) is 3.82. The highest BCUT2D eigenvalue weighted by Crippen LogP contribution is 2.27. The molecule has 0 aliphatic carbocycles. The SMILES string of the molecule is CCCc1nc2cc(N3CCCC(C(=O)O)C3)ccc2o1. The molecule has 0 saturated carbocycles. The number of anilines is 1. The minimum atomic E-state index is -0.701. The monoisotopic (exact) mass is 288 g/mol. The van der Waals surface area contributed by atoms with Crippen molar-refractivity contribution in [1.82, 2.24) is 4.98 Å². The molecule has 21 heavy (non-hydrogen) atoms. The molecule has 1 aromatic heterocycles. The Morgan fingerprint density at radius 1 is 1.52 bits per heavy atom. The molecule has 2 heterocycles. The third kappa shape index (κ3) is 2.86. The van der Waals surface area contributed by atoms with E-state index in [1.165, 1.54) is 0 Å². The van der Waals surface area contributed by atoms with Gasteiger partial charge in [0.1, 0.15) is 5.52 Å². The third-order valence-electron chi connectivity index (χ3n) is 4.02. The van der Waals surface area contributed by atoms with Gasteiger partial charge in [0, 0.05) is 25.2 Å². The van der Waals surface area contributed by atoms with Crippen LogP contribution in [-0.2, 0) is 11.2 Å². The fraction of sp³-hybridized carbons (Fsp3) is 0.500. The summed E-state index contributed by atoms with van der Waals surface area (Å²) >= 11 is 0. The van der Waals surface area contributed by atoms with Crippen LogP contribution in [0.25, 0.3) is 11.1 Å². The van der Waals surface area contributed by atoms with Gasteiger partial charge in [-0.2, -0.15) is 0 Å². The number of fused-ring (bicyclic) bond motifs is 1. The van der Waals surface area contributed by atoms with Gasteiger partial charge in [-0.1, -0.05) is 6.92 Å². The van der Waals surface area contributed by atoms with Crippen molar-refractivity contribution in [3.05, 3.63) is 24.1 Å². The summed E-state index contributed by atoms with van der Waals surface area (Å²) < 4.78 is 5.69. The molecule has 1 saturated heterocycles. The minimum absolute atomic E-state index is 0.276. The molecule has 0 radical (unpaired) electrons. The first-order chi connectivity index (χ1) is 10.2. The van der Waals surface area contributed by atoms with E-state index < -0.39 is 5.97 Å². The summed E-state index contributed by atoms with van der Waals surface area (Å²) in [5.74, 6) is -0.207. The molecule has 0 spiro atoms. The smallest absolute Gasteiger partial charge is 0.308 e. The minimum Gasteiger partial charge on any atom is -0.481 e. The number of carboxylic acids is 1. The number of hydrogen-bond acceptors (Lipinski definition) is 4. The molecule has 2 aromatic rings. The van der Waals surface area contributed by atoms with Gasteiger partial charge < -0.3 is 14.4 Å². The number of nitrogens with zero attached hydrogens (tertiary/aromatic N) is 2. The fourth-order valence-corrected chi connectivity index (χ4v) is 2.89. The van der Waals surface area contributed by atoms with Gasteiger partial charge in [-0.05, 0) is 37.5 Å². The molecule has 112 valence electrons. The number of piperidine rings is 1. The number of carboxylic acid groups (broad SMARTS) is 1. The van der Waals surface area contributed by atoms with Gasteiger partial charge in [0.05, 0.1) is 5.92 Å². The van der Waals surface area contributed by atoms with Crippen LogP contribution in [0.4, 0.5) is 5.69 Å². The first kappa shape index (κ1) is 13.9. The van der Waals surface area contributed by atoms with Gasteiger partial charge in [0.15, 0.2) is 11.5 Å². The average molecular weight is 288 g/mol. The molecular formula is C16H20N2O3. The van der Waals surface area contributed by atoms with E-state index in [0.29, 0.717) is 6.54 Å². The number of benzene rings is 1. The van der Waals surface area contributed by atoms with Crippen LogP contribution in [-0.4, -0.2) is 29.1 Å². The molecule has 1 N–H and O–H groups in total. The molecule has 0 amide bonds. The highest BCUT2D eigenvalue weighted by molar-refractivity contribution is 5.78. The predicted octanol–water partition coefficient (Wildman–Crippen LogP) is 3.08. The number of rotatable bonds is 4. The van der Waals surface area contributed by atoms with E-state index in [-0.39, 0.29) is 5.92 Å². The van der Waals surface area contributed by atoms with Gasteiger partial charge >= 0.3 is 5.97 Å². The van der Waals surface area contributed by atoms with Crippen LogP contribution < -0.4 is 4.90 Å². The van der Waals surface area contributed by atoms with Crippen molar-refractivity contribution in [3.63, 3.8) is 0 Å². The van der Waals surface area contributed by atoms with E-state index in [2.05, 4.69) is 16.8 Å². The maximum atomic E-state index is 11.2. The second-order valence-corrected chi connectivity index (χ2v) is 5.63. The van der Waals surface area contributed by atoms with Crippen LogP contribution in [0.15, 0.2) is 22.6 Å². The molecule has 3 rings (SSSR count). The molecule has 5 nitrogen and oxygen atoms in total. The molecule has 1 fully saturated rings. The molecule has 1 aromatic carbocycles. The molecule has 1 aliphatic rings. The maximum Gasteiger partial charge on any atom is 0.308 e. The summed E-state index contributed by atoms with van der Waals surface area (Å²) in [6.07, 6.45) is 3.52. The Morgan fingerprint density at radius 2 is 2.38 bits per heavy atom. The summed E-state index contributed by atoms with van der Waals surface area (Å²) in [6, 6.07) is 5.93. The summed E-state index contributed by atoms with van der Waals surface area (Å²) in [6.45, 7) is 3.57. The van der Waals surface area contributed by atoms with Gasteiger partial charge in [0.2, 0.25) is 0 Å². The predicted molar refractivity (Wildman–Crippen MR) is 80.6 cm³/mol. The van der Waals surface area contributed by atoms with Crippen molar-refractivity contribution in [2.75, 3.05) is 18.0 Å². The summed E-state index contributed by atoms with van der Waals surface area (Å²) in [4.78, 5) is 17.8. The number of carbonyl (C=O) groups is 1. The van der Waals surface area contributed by atoms with Gasteiger partial charge in [-0.25, -0.2) is 4.98 Å². The molecular weight excluding hydrogens is 268 g/mol. The fourth-order valence-electron chi connectivity index (χ4n) is 2.89. The first-order valence-electron chi connectivity index (χ1n) is 7.54. The van der Waals surface area contributed by atoms with Crippen molar-refractivity contribution in [3.8, 4) is 0 Å². The lowest BCUT2D eigenvalue weighted by Gasteiger charge is -2.32. The van der Waals surface area contributed by atoms with Gasteiger partial charge in [-0.15, -0.1) is 0 Å². The van der Waals surface area contributed by atoms with Crippen LogP contribution in [0.5, 0.6) is 0 Å². The van der Waals surface area contributed by atoms with E-state index in [0.717, 1.165) is 54.9 Å². The molecule has 1 aliphatic heterocycles. The van der Waals surface area contributed by atoms with E-state index >= 15 is 0 Å². The number of hydrogen-bond donors (Lipinski definition) is 1. The largest absolute Gasteiger partial charge is 0.481 e. The van der Waals surface area contributed by atoms with E-state index in [1.807, 2.05) is 18.2 Å². The lowest BCUT2D eigenvalue weighted by atomic mass is 9.98. The Morgan fingerprint density at radius 3 is 3.14 bits per heavy atom. The lowest BCUT2D eigenvalue weighted by molar-refractivity contribution is -0.141. The first-order valence-corrected chi connectivity index (χ1v) is 7.54. The van der Waals surface area contributed by atoms with E-state index in [9.17, 15) is 9.90 Å². The number of aryl methyl sites for hydroxylation is 1.